The Labute approximate surface area is 744 Å². The molecule has 124 heavy (non-hydrogen) atoms. The van der Waals surface area contributed by atoms with Crippen molar-refractivity contribution in [2.45, 2.75) is 53.1 Å². The van der Waals surface area contributed by atoms with Gasteiger partial charge in [0.2, 0.25) is 0 Å². The van der Waals surface area contributed by atoms with Crippen LogP contribution in [0.5, 0.6) is 0 Å². The molecule has 0 saturated carbocycles. The van der Waals surface area contributed by atoms with Gasteiger partial charge >= 0.3 is 0 Å². The monoisotopic (exact) mass is 1630 g/mol. The van der Waals surface area contributed by atoms with E-state index in [1.807, 2.05) is 84.9 Å². The zero-order valence-electron chi connectivity index (χ0n) is 80.8. The van der Waals surface area contributed by atoms with Gasteiger partial charge in [0.05, 0.1) is 29.9 Å². The predicted octanol–water partition coefficient (Wildman–Crippen LogP) is 33.8. The molecular weight excluding hydrogens is 1520 g/mol. The molecule has 0 aromatic heterocycles. The van der Waals surface area contributed by atoms with Crippen molar-refractivity contribution in [2.24, 2.45) is 0 Å². The zero-order valence-corrected chi connectivity index (χ0v) is 72.8. The third-order valence-corrected chi connectivity index (χ3v) is 28.7. The summed E-state index contributed by atoms with van der Waals surface area (Å²) < 4.78 is 84.5. The molecule has 592 valence electrons. The fourth-order valence-corrected chi connectivity index (χ4v) is 21.3. The number of hydrogen-bond donors (Lipinski definition) is 0. The van der Waals surface area contributed by atoms with Gasteiger partial charge in [-0.25, -0.2) is 0 Å². The van der Waals surface area contributed by atoms with Crippen LogP contribution in [-0.4, -0.2) is 16.1 Å². The molecule has 22 aromatic carbocycles. The first kappa shape index (κ1) is 67.3. The van der Waals surface area contributed by atoms with Gasteiger partial charge in [-0.3, -0.25) is 0 Å². The highest BCUT2D eigenvalue weighted by Gasteiger charge is 2.28. The van der Waals surface area contributed by atoms with Crippen molar-refractivity contribution in [3.8, 4) is 111 Å². The van der Waals surface area contributed by atoms with Crippen molar-refractivity contribution in [3.05, 3.63) is 448 Å². The lowest BCUT2D eigenvalue weighted by atomic mass is 9.83. The maximum absolute atomic E-state index is 8.81. The molecule has 0 N–H and O–H groups in total. The van der Waals surface area contributed by atoms with Gasteiger partial charge in [-0.2, -0.15) is 0 Å². The molecule has 0 aliphatic heterocycles. The van der Waals surface area contributed by atoms with Crippen molar-refractivity contribution >= 4 is 123 Å². The fraction of sp³-hybridized carbons (Fsp3) is 0.0656. The molecule has 0 nitrogen and oxygen atoms in total. The summed E-state index contributed by atoms with van der Waals surface area (Å²) in [5.41, 5.74) is 23.3. The molecule has 0 heterocycles. The van der Waals surface area contributed by atoms with Crippen molar-refractivity contribution in [1.82, 2.24) is 0 Å². The van der Waals surface area contributed by atoms with Crippen molar-refractivity contribution in [3.63, 3.8) is 0 Å². The molecule has 0 unspecified atom stereocenters. The maximum atomic E-state index is 8.81. The average molecular weight is 1630 g/mol. The lowest BCUT2D eigenvalue weighted by Crippen LogP contribution is -2.45. The second kappa shape index (κ2) is 32.9. The highest BCUT2D eigenvalue weighted by atomic mass is 28.3. The van der Waals surface area contributed by atoms with Crippen molar-refractivity contribution in [1.29, 1.82) is 0 Å². The lowest BCUT2D eigenvalue weighted by Gasteiger charge is -2.25. The molecule has 0 amide bonds. The van der Waals surface area contributed by atoms with Gasteiger partial charge in [-0.05, 0) is 258 Å². The van der Waals surface area contributed by atoms with Gasteiger partial charge < -0.3 is 0 Å². The van der Waals surface area contributed by atoms with Crippen LogP contribution in [-0.2, 0) is 0 Å². The van der Waals surface area contributed by atoms with Crippen LogP contribution in [0, 0.1) is 13.8 Å². The van der Waals surface area contributed by atoms with Crippen LogP contribution < -0.4 is 10.4 Å². The Bertz CT molecular complexity index is 8250. The molecule has 0 saturated heterocycles. The van der Waals surface area contributed by atoms with Crippen molar-refractivity contribution < 1.29 is 13.7 Å². The molecule has 0 radical (unpaired) electrons. The second-order valence-electron chi connectivity index (χ2n) is 34.7. The van der Waals surface area contributed by atoms with Crippen molar-refractivity contribution in [2.75, 3.05) is 0 Å². The van der Waals surface area contributed by atoms with E-state index < -0.39 is 52.4 Å². The van der Waals surface area contributed by atoms with Crippen LogP contribution in [0.3, 0.4) is 0 Å². The summed E-state index contributed by atoms with van der Waals surface area (Å²) >= 11 is 0. The Morgan fingerprint density at radius 3 is 0.750 bits per heavy atom. The van der Waals surface area contributed by atoms with Gasteiger partial charge in [0, 0.05) is 0 Å². The number of benzene rings is 22. The standard InChI is InChI=1S/C44H44Si2.C42H28.C36H24/c1-29-21-30(2)23-32(22-29)33-24-31-15-9-10-16-37(31)42(27-33)44-40-19-13-11-17-38(40)43(39-18-12-14-20-41(39)44)34-25-35(45(3,4)5)28-36(26-34)46(6,7)8;1-3-13-29(14-4-1)31-23-25-32(26-24-31)41-36-19-9-11-21-38(36)42(39-22-12-10-20-37(39)41)40-28-34(30-15-5-2-6-16-30)27-33-17-7-8-18-35(33)40;1-3-13-25(14-4-1)28-23-27-17-7-8-18-29(27)34(24-28)36-32-21-11-9-19-30(32)35(26-15-5-2-6-16-26)31-20-10-12-22-33(31)36/h9-28H,1-8H3;1-28H;1-24H/i;;1D,2D,3D,4D,5D,6D,13D,14D,15D,16D. The minimum atomic E-state index is -1.56. The summed E-state index contributed by atoms with van der Waals surface area (Å²) in [6, 6.07) is 131. The number of fused-ring (bicyclic) bond motifs is 9. The van der Waals surface area contributed by atoms with Crippen LogP contribution in [0.4, 0.5) is 0 Å². The van der Waals surface area contributed by atoms with E-state index in [2.05, 4.69) is 344 Å². The van der Waals surface area contributed by atoms with Gasteiger partial charge in [0.15, 0.2) is 0 Å². The molecule has 0 aliphatic rings. The van der Waals surface area contributed by atoms with E-state index in [0.29, 0.717) is 21.9 Å². The third-order valence-electron chi connectivity index (χ3n) is 24.6. The Morgan fingerprint density at radius 1 is 0.169 bits per heavy atom. The highest BCUT2D eigenvalue weighted by molar-refractivity contribution is 6.91. The molecule has 22 aromatic rings. The normalized spacial score (nSPS) is 12.8. The van der Waals surface area contributed by atoms with E-state index in [1.54, 1.807) is 10.4 Å². The minimum Gasteiger partial charge on any atom is -0.0656 e. The first-order chi connectivity index (χ1) is 64.8. The number of hydrogen-bond acceptors (Lipinski definition) is 0. The van der Waals surface area contributed by atoms with E-state index in [-0.39, 0.29) is 35.3 Å². The Hall–Kier alpha value is -14.4. The van der Waals surface area contributed by atoms with Crippen LogP contribution >= 0.6 is 0 Å². The summed E-state index contributed by atoms with van der Waals surface area (Å²) in [6.45, 7) is 19.3. The summed E-state index contributed by atoms with van der Waals surface area (Å²) in [5.74, 6) is 0. The molecule has 0 spiro atoms. The molecule has 0 bridgehead atoms. The first-order valence-corrected chi connectivity index (χ1v) is 49.8. The molecule has 0 atom stereocenters. The number of rotatable bonds is 12. The maximum Gasteiger partial charge on any atom is 0.0776 e. The molecule has 0 fully saturated rings. The largest absolute Gasteiger partial charge is 0.0776 e. The summed E-state index contributed by atoms with van der Waals surface area (Å²) in [5, 5.41) is 23.1. The van der Waals surface area contributed by atoms with E-state index in [4.69, 9.17) is 13.7 Å². The highest BCUT2D eigenvalue weighted by Crippen LogP contribution is 2.51. The van der Waals surface area contributed by atoms with Gasteiger partial charge in [-0.15, -0.1) is 0 Å². The average Bonchev–Trinajstić information content (AvgIpc) is 0.731. The second-order valence-corrected chi connectivity index (χ2v) is 44.9. The van der Waals surface area contributed by atoms with E-state index in [1.165, 1.54) is 154 Å². The van der Waals surface area contributed by atoms with Gasteiger partial charge in [-0.1, -0.05) is 461 Å². The van der Waals surface area contributed by atoms with Gasteiger partial charge in [0.25, 0.3) is 0 Å². The summed E-state index contributed by atoms with van der Waals surface area (Å²) in [7, 11) is -3.12. The van der Waals surface area contributed by atoms with E-state index >= 15 is 0 Å². The van der Waals surface area contributed by atoms with E-state index in [9.17, 15) is 0 Å². The van der Waals surface area contributed by atoms with Crippen LogP contribution in [0.1, 0.15) is 24.8 Å². The van der Waals surface area contributed by atoms with Gasteiger partial charge in [0.1, 0.15) is 0 Å². The van der Waals surface area contributed by atoms with Crippen LogP contribution in [0.25, 0.3) is 208 Å². The zero-order chi connectivity index (χ0) is 92.9. The molecule has 0 aliphatic carbocycles. The Kier molecular flexibility index (Phi) is 17.8. The van der Waals surface area contributed by atoms with Crippen LogP contribution in [0.2, 0.25) is 39.3 Å². The fourth-order valence-electron chi connectivity index (χ4n) is 18.8. The number of aryl methyl sites for hydroxylation is 2. The SMILES string of the molecule is Cc1cc(C)cc(-c2cc(-c3c4ccccc4c(-c4cc([Si](C)(C)C)cc([Si](C)(C)C)c4)c4ccccc34)c3ccccc3c2)c1.[2H]c1c([2H])c([2H])c(-c2cc(-c3c4ccccc4c(-c4c([2H])c([2H])c([2H])c([2H])c4[2H])c4ccccc34)c3ccccc3c2)c([2H])c1[2H].c1ccc(-c2ccc(-c3c4ccccc4c(-c4cc(-c5ccccc5)cc5ccccc45)c4ccccc34)cc2)cc1. The smallest absolute Gasteiger partial charge is 0.0656 e. The third kappa shape index (κ3) is 14.9. The van der Waals surface area contributed by atoms with E-state index in [0.717, 1.165) is 32.7 Å². The quantitative estimate of drug-likeness (QED) is 0.0845. The molecule has 22 rings (SSSR count). The lowest BCUT2D eigenvalue weighted by molar-refractivity contribution is 1.38. The Morgan fingerprint density at radius 2 is 0.411 bits per heavy atom. The summed E-state index contributed by atoms with van der Waals surface area (Å²) in [6.07, 6.45) is 0. The minimum absolute atomic E-state index is 0.0994. The summed E-state index contributed by atoms with van der Waals surface area (Å²) in [4.78, 5) is 0. The topological polar surface area (TPSA) is 0 Å². The molecule has 2 heteroatoms. The van der Waals surface area contributed by atoms with Crippen LogP contribution in [0.15, 0.2) is 437 Å². The molecular formula is C122H96Si2. The predicted molar refractivity (Wildman–Crippen MR) is 547 cm³/mol. The first-order valence-electron chi connectivity index (χ1n) is 47.8. The Balaban J connectivity index is 0.000000125.